The molecule has 4 rings (SSSR count). The van der Waals surface area contributed by atoms with Gasteiger partial charge >= 0.3 is 0 Å². The minimum atomic E-state index is -0.436. The molecule has 0 atom stereocenters. The third kappa shape index (κ3) is 4.82. The molecule has 0 aliphatic carbocycles. The number of nitrogens with zero attached hydrogens (tertiary/aromatic N) is 2. The summed E-state index contributed by atoms with van der Waals surface area (Å²) in [5.41, 5.74) is 2.42. The first-order valence-corrected chi connectivity index (χ1v) is 10.5. The molecule has 154 valence electrons. The Labute approximate surface area is 188 Å². The summed E-state index contributed by atoms with van der Waals surface area (Å²) in [6.45, 7) is 0.275. The van der Waals surface area contributed by atoms with E-state index in [1.807, 2.05) is 54.6 Å². The molecule has 0 N–H and O–H groups in total. The van der Waals surface area contributed by atoms with Gasteiger partial charge in [-0.25, -0.2) is 0 Å². The van der Waals surface area contributed by atoms with Crippen LogP contribution in [0.4, 0.5) is 11.4 Å². The molecule has 1 aliphatic heterocycles. The van der Waals surface area contributed by atoms with Gasteiger partial charge in [0, 0.05) is 12.1 Å². The topological polar surface area (TPSA) is 72.7 Å². The predicted octanol–water partition coefficient (Wildman–Crippen LogP) is 5.58. The summed E-state index contributed by atoms with van der Waals surface area (Å²) in [6.07, 6.45) is 1.79. The fourth-order valence-corrected chi connectivity index (χ4v) is 4.29. The van der Waals surface area contributed by atoms with Gasteiger partial charge in [-0.15, -0.1) is 0 Å². The van der Waals surface area contributed by atoms with Crippen molar-refractivity contribution in [2.75, 3.05) is 4.90 Å². The Morgan fingerprint density at radius 3 is 2.48 bits per heavy atom. The third-order valence-electron chi connectivity index (χ3n) is 4.52. The number of anilines is 1. The Bertz CT molecular complexity index is 1180. The Morgan fingerprint density at radius 1 is 1.03 bits per heavy atom. The molecule has 8 heteroatoms. The van der Waals surface area contributed by atoms with Crippen molar-refractivity contribution in [3.05, 3.63) is 105 Å². The standard InChI is InChI=1S/C23H16N2O4S2/c26-22-21(31-23(30)24(22)18-6-2-1-3-7-18)14-17-5-4-8-20(13-17)29-15-16-9-11-19(12-10-16)25(27)28/h1-14H,15H2/b21-14+. The van der Waals surface area contributed by atoms with Gasteiger partial charge in [0.1, 0.15) is 12.4 Å². The maximum Gasteiger partial charge on any atom is 0.270 e. The molecule has 0 unspecified atom stereocenters. The molecule has 0 saturated carbocycles. The van der Waals surface area contributed by atoms with Crippen LogP contribution in [-0.2, 0) is 11.4 Å². The third-order valence-corrected chi connectivity index (χ3v) is 5.82. The average Bonchev–Trinajstić information content (AvgIpc) is 3.06. The van der Waals surface area contributed by atoms with Crippen molar-refractivity contribution in [2.24, 2.45) is 0 Å². The molecule has 1 aliphatic rings. The summed E-state index contributed by atoms with van der Waals surface area (Å²) in [5, 5.41) is 10.7. The van der Waals surface area contributed by atoms with Gasteiger partial charge in [0.25, 0.3) is 11.6 Å². The summed E-state index contributed by atoms with van der Waals surface area (Å²) in [6, 6.07) is 22.9. The fraction of sp³-hybridized carbons (Fsp3) is 0.0435. The van der Waals surface area contributed by atoms with Crippen molar-refractivity contribution in [3.8, 4) is 5.75 Å². The van der Waals surface area contributed by atoms with Crippen LogP contribution in [0.2, 0.25) is 0 Å². The summed E-state index contributed by atoms with van der Waals surface area (Å²) < 4.78 is 6.30. The van der Waals surface area contributed by atoms with Crippen molar-refractivity contribution in [1.82, 2.24) is 0 Å². The number of non-ortho nitro benzene ring substituents is 1. The Hall–Kier alpha value is -3.49. The quantitative estimate of drug-likeness (QED) is 0.212. The number of carbonyl (C=O) groups excluding carboxylic acids is 1. The lowest BCUT2D eigenvalue weighted by Gasteiger charge is -2.13. The number of para-hydroxylation sites is 1. The van der Waals surface area contributed by atoms with Gasteiger partial charge in [0.15, 0.2) is 4.32 Å². The first-order valence-electron chi connectivity index (χ1n) is 9.30. The predicted molar refractivity (Wildman–Crippen MR) is 126 cm³/mol. The molecule has 1 fully saturated rings. The molecule has 1 amide bonds. The zero-order chi connectivity index (χ0) is 21.8. The van der Waals surface area contributed by atoms with Crippen molar-refractivity contribution in [1.29, 1.82) is 0 Å². The molecule has 3 aromatic rings. The number of hydrogen-bond acceptors (Lipinski definition) is 6. The molecular weight excluding hydrogens is 432 g/mol. The number of nitro groups is 1. The normalized spacial score (nSPS) is 14.8. The van der Waals surface area contributed by atoms with Gasteiger partial charge in [-0.2, -0.15) is 0 Å². The Kier molecular flexibility index (Phi) is 6.11. The Morgan fingerprint density at radius 2 is 1.77 bits per heavy atom. The number of carbonyl (C=O) groups is 1. The summed E-state index contributed by atoms with van der Waals surface area (Å²) >= 11 is 6.66. The van der Waals surface area contributed by atoms with Gasteiger partial charge in [-0.1, -0.05) is 54.3 Å². The van der Waals surface area contributed by atoms with Gasteiger partial charge in [0.05, 0.1) is 15.5 Å². The van der Waals surface area contributed by atoms with E-state index in [9.17, 15) is 14.9 Å². The number of thiocarbonyl (C=S) groups is 1. The van der Waals surface area contributed by atoms with Crippen LogP contribution < -0.4 is 9.64 Å². The summed E-state index contributed by atoms with van der Waals surface area (Å²) in [4.78, 5) is 25.2. The number of benzene rings is 3. The molecule has 0 spiro atoms. The molecular formula is C23H16N2O4S2. The summed E-state index contributed by atoms with van der Waals surface area (Å²) in [5.74, 6) is 0.476. The van der Waals surface area contributed by atoms with E-state index >= 15 is 0 Å². The van der Waals surface area contributed by atoms with Crippen molar-refractivity contribution in [3.63, 3.8) is 0 Å². The number of ether oxygens (including phenoxy) is 1. The van der Waals surface area contributed by atoms with Gasteiger partial charge < -0.3 is 4.74 Å². The van der Waals surface area contributed by atoms with Gasteiger partial charge in [-0.05, 0) is 53.6 Å². The number of hydrogen-bond donors (Lipinski definition) is 0. The van der Waals surface area contributed by atoms with Crippen LogP contribution in [-0.4, -0.2) is 15.2 Å². The number of rotatable bonds is 6. The lowest BCUT2D eigenvalue weighted by molar-refractivity contribution is -0.384. The van der Waals surface area contributed by atoms with Crippen molar-refractivity contribution in [2.45, 2.75) is 6.61 Å². The molecule has 1 saturated heterocycles. The number of nitro benzene ring substituents is 1. The second kappa shape index (κ2) is 9.11. The van der Waals surface area contributed by atoms with E-state index in [0.29, 0.717) is 15.0 Å². The van der Waals surface area contributed by atoms with E-state index in [4.69, 9.17) is 17.0 Å². The van der Waals surface area contributed by atoms with Crippen LogP contribution in [0, 0.1) is 10.1 Å². The second-order valence-electron chi connectivity index (χ2n) is 6.64. The van der Waals surface area contributed by atoms with Crippen molar-refractivity contribution >= 4 is 51.7 Å². The van der Waals surface area contributed by atoms with Crippen LogP contribution >= 0.6 is 24.0 Å². The van der Waals surface area contributed by atoms with E-state index < -0.39 is 4.92 Å². The molecule has 6 nitrogen and oxygen atoms in total. The van der Waals surface area contributed by atoms with E-state index in [0.717, 1.165) is 16.8 Å². The zero-order valence-corrected chi connectivity index (χ0v) is 17.8. The maximum atomic E-state index is 12.9. The first kappa shape index (κ1) is 20.8. The van der Waals surface area contributed by atoms with Crippen LogP contribution in [0.3, 0.4) is 0 Å². The molecule has 1 heterocycles. The second-order valence-corrected chi connectivity index (χ2v) is 8.31. The SMILES string of the molecule is O=C1/C(=C\c2cccc(OCc3ccc([N+](=O)[O-])cc3)c2)SC(=S)N1c1ccccc1. The molecule has 3 aromatic carbocycles. The molecule has 31 heavy (non-hydrogen) atoms. The van der Waals surface area contributed by atoms with Crippen LogP contribution in [0.1, 0.15) is 11.1 Å². The fourth-order valence-electron chi connectivity index (χ4n) is 2.99. The highest BCUT2D eigenvalue weighted by atomic mass is 32.2. The van der Waals surface area contributed by atoms with Crippen LogP contribution in [0.15, 0.2) is 83.8 Å². The van der Waals surface area contributed by atoms with Gasteiger partial charge in [0.2, 0.25) is 0 Å². The van der Waals surface area contributed by atoms with Crippen LogP contribution in [0.5, 0.6) is 5.75 Å². The maximum absolute atomic E-state index is 12.9. The van der Waals surface area contributed by atoms with E-state index in [-0.39, 0.29) is 18.2 Å². The summed E-state index contributed by atoms with van der Waals surface area (Å²) in [7, 11) is 0. The number of thioether (sulfide) groups is 1. The Balaban J connectivity index is 1.47. The highest BCUT2D eigenvalue weighted by molar-refractivity contribution is 8.27. The van der Waals surface area contributed by atoms with E-state index in [1.54, 1.807) is 18.2 Å². The monoisotopic (exact) mass is 448 g/mol. The molecule has 0 aromatic heterocycles. The lowest BCUT2D eigenvalue weighted by atomic mass is 10.2. The largest absolute Gasteiger partial charge is 0.489 e. The number of amides is 1. The lowest BCUT2D eigenvalue weighted by Crippen LogP contribution is -2.27. The highest BCUT2D eigenvalue weighted by Crippen LogP contribution is 2.36. The smallest absolute Gasteiger partial charge is 0.270 e. The highest BCUT2D eigenvalue weighted by Gasteiger charge is 2.33. The van der Waals surface area contributed by atoms with E-state index in [2.05, 4.69) is 0 Å². The van der Waals surface area contributed by atoms with Gasteiger partial charge in [-0.3, -0.25) is 19.8 Å². The van der Waals surface area contributed by atoms with E-state index in [1.165, 1.54) is 28.8 Å². The molecule has 0 radical (unpaired) electrons. The zero-order valence-electron chi connectivity index (χ0n) is 16.1. The minimum absolute atomic E-state index is 0.0403. The van der Waals surface area contributed by atoms with Crippen molar-refractivity contribution < 1.29 is 14.5 Å². The molecule has 0 bridgehead atoms. The first-order chi connectivity index (χ1) is 15.0. The van der Waals surface area contributed by atoms with Crippen LogP contribution in [0.25, 0.3) is 6.08 Å². The minimum Gasteiger partial charge on any atom is -0.489 e. The average molecular weight is 449 g/mol.